The fourth-order valence-corrected chi connectivity index (χ4v) is 10.3. The number of aryl methyl sites for hydroxylation is 1. The Morgan fingerprint density at radius 2 is 0.924 bits per heavy atom. The summed E-state index contributed by atoms with van der Waals surface area (Å²) in [4.78, 5) is 53.2. The van der Waals surface area contributed by atoms with E-state index in [1.165, 1.54) is 37.4 Å². The van der Waals surface area contributed by atoms with Gasteiger partial charge in [0.1, 0.15) is 54.9 Å². The van der Waals surface area contributed by atoms with Crippen LogP contribution >= 0.6 is 38.1 Å². The van der Waals surface area contributed by atoms with E-state index < -0.39 is 52.3 Å². The zero-order chi connectivity index (χ0) is 58.2. The lowest BCUT2D eigenvalue weighted by atomic mass is 10.2. The third-order valence-corrected chi connectivity index (χ3v) is 14.6. The monoisotopic (exact) mass is 1270 g/mol. The van der Waals surface area contributed by atoms with E-state index in [1.807, 2.05) is 6.92 Å². The number of aliphatic hydroxyl groups is 1. The van der Waals surface area contributed by atoms with Crippen LogP contribution in [0.4, 0.5) is 17.5 Å². The Kier molecular flexibility index (Phi) is 30.1. The van der Waals surface area contributed by atoms with Crippen LogP contribution in [0.25, 0.3) is 33.5 Å². The summed E-state index contributed by atoms with van der Waals surface area (Å²) in [5.41, 5.74) is 21.3. The number of nitrogens with zero attached hydrogens (tertiary/aromatic N) is 12. The Morgan fingerprint density at radius 1 is 0.582 bits per heavy atom. The highest BCUT2D eigenvalue weighted by Gasteiger charge is 2.29. The molecular formula is C43H73BrN15O15P3SSi. The smallest absolute Gasteiger partial charge is 0.357 e. The van der Waals surface area contributed by atoms with Crippen molar-refractivity contribution in [1.29, 1.82) is 0 Å². The molecule has 7 aromatic rings. The first-order valence-corrected chi connectivity index (χ1v) is 36.1. The van der Waals surface area contributed by atoms with Crippen LogP contribution < -0.4 is 17.2 Å². The highest BCUT2D eigenvalue weighted by Crippen LogP contribution is 2.49. The first-order valence-electron chi connectivity index (χ1n) is 23.7. The lowest BCUT2D eigenvalue weighted by Gasteiger charge is -2.16. The van der Waals surface area contributed by atoms with Crippen molar-refractivity contribution in [2.24, 2.45) is 0 Å². The van der Waals surface area contributed by atoms with Gasteiger partial charge in [-0.3, -0.25) is 17.9 Å². The topological polar surface area (TPSA) is 420 Å². The van der Waals surface area contributed by atoms with Gasteiger partial charge in [0.05, 0.1) is 70.1 Å². The molecule has 9 N–H and O–H groups in total. The minimum Gasteiger partial charge on any atom is -0.395 e. The number of fused-ring (bicyclic) bond motifs is 3. The van der Waals surface area contributed by atoms with Crippen molar-refractivity contribution in [3.8, 4) is 0 Å². The molecule has 7 rings (SSSR count). The lowest BCUT2D eigenvalue weighted by Crippen LogP contribution is -2.10. The molecule has 6 heterocycles. The molecule has 30 nitrogen and oxygen atoms in total. The molecule has 0 saturated heterocycles. The molecule has 442 valence electrons. The predicted octanol–water partition coefficient (Wildman–Crippen LogP) is 6.39. The first-order chi connectivity index (χ1) is 36.7. The van der Waals surface area contributed by atoms with Crippen LogP contribution in [0.3, 0.4) is 0 Å². The van der Waals surface area contributed by atoms with E-state index >= 15 is 0 Å². The van der Waals surface area contributed by atoms with Gasteiger partial charge in [0.15, 0.2) is 40.7 Å². The van der Waals surface area contributed by atoms with Crippen LogP contribution in [0.1, 0.15) is 40.7 Å². The third kappa shape index (κ3) is 24.9. The Bertz CT molecular complexity index is 3160. The second-order valence-electron chi connectivity index (χ2n) is 16.5. The highest BCUT2D eigenvalue weighted by atomic mass is 79.9. The maximum atomic E-state index is 12.2. The molecule has 0 saturated carbocycles. The van der Waals surface area contributed by atoms with Gasteiger partial charge in [-0.2, -0.15) is 8.42 Å². The van der Waals surface area contributed by atoms with E-state index in [0.29, 0.717) is 84.6 Å². The number of aliphatic hydroxyl groups excluding tert-OH is 1. The number of rotatable bonds is 24. The standard InChI is InChI=1S/C12H20N5O4P.C12H19O6PS.C8H12N5O4P.C7H9N5O.C3H9BrSi.CH4/c1-3-20-22(18,21-4-2)9-19-6-5-17-8-16-10-11(13)14-7-15-12(10)17;1-4-16-19(13,17-5-2)10-18-20(14,15)12-8-6-11(3)7-9-12;9-7-6-8(11-3-10-7)13(4-12-6)1-2-17-5-18(14,15)16;8-6-5-7(10-3-9-6)12(1-2-13)4-11-5;1-5(2,3)4;/h7-8H,3-6,9H2,1-2H3,(H2,13,14,15);6-9H,4-5,10H2,1-3H3;3-4H,1-2,5H2,(H2,9,10,11)(H2,14,15,16);3-4,13H,1-2H2,(H2,8,9,10);1-3H3;1H4. The Balaban J connectivity index is 0.000000352. The molecule has 1 aromatic carbocycles. The van der Waals surface area contributed by atoms with Crippen molar-refractivity contribution in [3.63, 3.8) is 0 Å². The van der Waals surface area contributed by atoms with Crippen molar-refractivity contribution in [2.75, 3.05) is 82.5 Å². The molecule has 6 aromatic heterocycles. The molecule has 0 aliphatic carbocycles. The number of aromatic nitrogens is 12. The van der Waals surface area contributed by atoms with Gasteiger partial charge in [0.2, 0.25) is 0 Å². The minimum absolute atomic E-state index is 0. The van der Waals surface area contributed by atoms with Crippen molar-refractivity contribution in [1.82, 2.24) is 58.6 Å². The normalized spacial score (nSPS) is 11.8. The summed E-state index contributed by atoms with van der Waals surface area (Å²) in [5.74, 6) is 0.985. The van der Waals surface area contributed by atoms with E-state index in [4.69, 9.17) is 63.8 Å². The molecule has 0 radical (unpaired) electrons. The van der Waals surface area contributed by atoms with Crippen molar-refractivity contribution >= 4 is 106 Å². The zero-order valence-corrected chi connectivity index (χ0v) is 50.5. The largest absolute Gasteiger partial charge is 0.395 e. The fraction of sp³-hybridized carbons (Fsp3) is 0.512. The number of hydrogen-bond donors (Lipinski definition) is 6. The number of imidazole rings is 3. The molecule has 79 heavy (non-hydrogen) atoms. The van der Waals surface area contributed by atoms with E-state index in [0.717, 1.165) is 5.56 Å². The first kappa shape index (κ1) is 70.3. The van der Waals surface area contributed by atoms with Crippen LogP contribution in [-0.4, -0.2) is 154 Å². The predicted molar refractivity (Wildman–Crippen MR) is 305 cm³/mol. The van der Waals surface area contributed by atoms with E-state index in [2.05, 4.69) is 79.8 Å². The van der Waals surface area contributed by atoms with Crippen LogP contribution in [0.5, 0.6) is 0 Å². The minimum atomic E-state index is -4.12. The van der Waals surface area contributed by atoms with Gasteiger partial charge in [0, 0.05) is 19.6 Å². The summed E-state index contributed by atoms with van der Waals surface area (Å²) in [6, 6.07) is 6.16. The number of halogens is 1. The Morgan fingerprint density at radius 3 is 1.27 bits per heavy atom. The van der Waals surface area contributed by atoms with Crippen LogP contribution in [-0.2, 0) is 75.2 Å². The van der Waals surface area contributed by atoms with Crippen LogP contribution in [0.2, 0.25) is 19.6 Å². The maximum absolute atomic E-state index is 12.2. The average Bonchev–Trinajstić information content (AvgIpc) is 4.11. The number of anilines is 3. The van der Waals surface area contributed by atoms with Crippen LogP contribution in [0.15, 0.2) is 67.1 Å². The maximum Gasteiger partial charge on any atom is 0.357 e. The summed E-state index contributed by atoms with van der Waals surface area (Å²) >= 11 is 3.51. The average molecular weight is 1270 g/mol. The number of hydrogen-bond acceptors (Lipinski definition) is 25. The molecule has 0 fully saturated rings. The number of nitrogen functional groups attached to an aromatic ring is 3. The summed E-state index contributed by atoms with van der Waals surface area (Å²) in [7, 11) is -14.8. The van der Waals surface area contributed by atoms with Gasteiger partial charge in [-0.15, -0.1) is 15.3 Å². The number of ether oxygens (including phenoxy) is 2. The molecule has 0 amide bonds. The zero-order valence-electron chi connectivity index (χ0n) is 44.4. The van der Waals surface area contributed by atoms with Crippen LogP contribution in [0, 0.1) is 6.92 Å². The fourth-order valence-electron chi connectivity index (χ4n) is 5.90. The van der Waals surface area contributed by atoms with Gasteiger partial charge in [-0.1, -0.05) is 44.8 Å². The molecule has 0 bridgehead atoms. The van der Waals surface area contributed by atoms with Crippen molar-refractivity contribution in [2.45, 2.75) is 86.2 Å². The molecule has 0 unspecified atom stereocenters. The summed E-state index contributed by atoms with van der Waals surface area (Å²) in [5, 5.41) is 8.74. The molecule has 0 aliphatic rings. The SMILES string of the molecule is C.CCOP(=O)(COCCn1cnc2c(N)ncnc21)OCC.CCOP(=O)(COS(=O)(=O)c1ccc(C)cc1)OCC.C[Si](C)(C)Br.Nc1ncnc2c1ncn2CCO.Nc1ncnc2c1ncn2CCOCP(=O)(O)O. The molecule has 0 aliphatic heterocycles. The molecule has 0 spiro atoms. The highest BCUT2D eigenvalue weighted by molar-refractivity contribution is 9.26. The van der Waals surface area contributed by atoms with Gasteiger partial charge < -0.3 is 73.4 Å². The Labute approximate surface area is 467 Å². The van der Waals surface area contributed by atoms with Crippen molar-refractivity contribution in [3.05, 3.63) is 67.8 Å². The van der Waals surface area contributed by atoms with Crippen molar-refractivity contribution < 1.29 is 68.8 Å². The van der Waals surface area contributed by atoms with Gasteiger partial charge in [-0.05, 0) is 46.8 Å². The summed E-state index contributed by atoms with van der Waals surface area (Å²) in [6.45, 7) is 17.3. The van der Waals surface area contributed by atoms with E-state index in [9.17, 15) is 22.1 Å². The molecule has 36 heteroatoms. The van der Waals surface area contributed by atoms with Gasteiger partial charge in [-0.25, -0.2) is 44.9 Å². The molecular weight excluding hydrogens is 1200 g/mol. The van der Waals surface area contributed by atoms with Gasteiger partial charge >= 0.3 is 22.8 Å². The lowest BCUT2D eigenvalue weighted by molar-refractivity contribution is 0.127. The second-order valence-corrected chi connectivity index (χ2v) is 35.0. The summed E-state index contributed by atoms with van der Waals surface area (Å²) < 4.78 is 99.3. The number of benzene rings is 1. The molecule has 0 atom stereocenters. The quantitative estimate of drug-likeness (QED) is 0.0125. The number of nitrogens with two attached hydrogens (primary N) is 3. The summed E-state index contributed by atoms with van der Waals surface area (Å²) in [6.07, 6.45) is 7.50. The van der Waals surface area contributed by atoms with Gasteiger partial charge in [0.25, 0.3) is 10.1 Å². The van der Waals surface area contributed by atoms with E-state index in [-0.39, 0.29) is 50.9 Å². The second kappa shape index (κ2) is 33.8. The van der Waals surface area contributed by atoms with E-state index in [1.54, 1.807) is 66.2 Å². The third-order valence-electron chi connectivity index (χ3n) is 9.07. The Hall–Kier alpha value is -4.79.